The molecule has 0 aliphatic carbocycles. The molecule has 0 spiro atoms. The maximum absolute atomic E-state index is 13.1. The number of nitrogens with two attached hydrogens (primary N) is 1. The predicted molar refractivity (Wildman–Crippen MR) is 110 cm³/mol. The second-order valence-electron chi connectivity index (χ2n) is 7.68. The Labute approximate surface area is 169 Å². The molecule has 10 heteroatoms. The number of fused-ring (bicyclic) bond motifs is 2. The van der Waals surface area contributed by atoms with Crippen LogP contribution >= 0.6 is 11.8 Å². The summed E-state index contributed by atoms with van der Waals surface area (Å²) in [5.41, 5.74) is 1.82. The SMILES string of the molecule is COc1ccc(CN2CC3=C4SC(S(N)(=O)=O)=CC2CC(C)(C3)S4(=O)=O)cc1. The van der Waals surface area contributed by atoms with Crippen molar-refractivity contribution in [3.63, 3.8) is 0 Å². The molecule has 0 saturated carbocycles. The monoisotopic (exact) mass is 442 g/mol. The summed E-state index contributed by atoms with van der Waals surface area (Å²) >= 11 is 0.793. The van der Waals surface area contributed by atoms with E-state index in [1.165, 1.54) is 0 Å². The fourth-order valence-electron chi connectivity index (χ4n) is 4.13. The lowest BCUT2D eigenvalue weighted by Crippen LogP contribution is -2.43. The van der Waals surface area contributed by atoms with Gasteiger partial charge in [-0.1, -0.05) is 23.9 Å². The third kappa shape index (κ3) is 3.21. The van der Waals surface area contributed by atoms with Gasteiger partial charge in [0, 0.05) is 19.1 Å². The lowest BCUT2D eigenvalue weighted by atomic mass is 9.96. The van der Waals surface area contributed by atoms with Crippen LogP contribution in [0.4, 0.5) is 0 Å². The summed E-state index contributed by atoms with van der Waals surface area (Å²) in [6.45, 7) is 2.82. The minimum absolute atomic E-state index is 0.0862. The molecular weight excluding hydrogens is 420 g/mol. The van der Waals surface area contributed by atoms with Gasteiger partial charge in [0.2, 0.25) is 10.0 Å². The molecule has 1 fully saturated rings. The number of nitrogens with zero attached hydrogens (tertiary/aromatic N) is 1. The van der Waals surface area contributed by atoms with Crippen molar-refractivity contribution in [2.75, 3.05) is 13.7 Å². The minimum Gasteiger partial charge on any atom is -0.497 e. The third-order valence-corrected chi connectivity index (χ3v) is 11.4. The number of sulfonamides is 1. The average Bonchev–Trinajstić information content (AvgIpc) is 2.70. The second-order valence-corrected chi connectivity index (χ2v) is 13.2. The lowest BCUT2D eigenvalue weighted by molar-refractivity contribution is 0.231. The maximum atomic E-state index is 13.1. The van der Waals surface area contributed by atoms with Crippen LogP contribution in [0, 0.1) is 0 Å². The van der Waals surface area contributed by atoms with Gasteiger partial charge in [-0.3, -0.25) is 4.90 Å². The molecule has 0 amide bonds. The Morgan fingerprint density at radius 2 is 2.00 bits per heavy atom. The van der Waals surface area contributed by atoms with Gasteiger partial charge in [0.25, 0.3) is 0 Å². The number of ether oxygens (including phenoxy) is 1. The van der Waals surface area contributed by atoms with E-state index >= 15 is 0 Å². The van der Waals surface area contributed by atoms with Gasteiger partial charge in [-0.05, 0) is 49.1 Å². The van der Waals surface area contributed by atoms with Crippen molar-refractivity contribution in [2.45, 2.75) is 37.1 Å². The molecule has 1 aromatic carbocycles. The highest BCUT2D eigenvalue weighted by molar-refractivity contribution is 8.28. The van der Waals surface area contributed by atoms with Crippen molar-refractivity contribution in [3.8, 4) is 5.75 Å². The van der Waals surface area contributed by atoms with Crippen LogP contribution in [-0.4, -0.2) is 46.2 Å². The first-order valence-electron chi connectivity index (χ1n) is 8.80. The Balaban J connectivity index is 1.79. The Morgan fingerprint density at radius 1 is 1.32 bits per heavy atom. The Kier molecular flexibility index (Phi) is 4.70. The van der Waals surface area contributed by atoms with Crippen molar-refractivity contribution in [1.29, 1.82) is 0 Å². The van der Waals surface area contributed by atoms with Gasteiger partial charge in [0.15, 0.2) is 9.84 Å². The molecule has 28 heavy (non-hydrogen) atoms. The van der Waals surface area contributed by atoms with E-state index in [-0.39, 0.29) is 14.5 Å². The number of thioether (sulfide) groups is 1. The summed E-state index contributed by atoms with van der Waals surface area (Å²) in [5.74, 6) is 0.757. The molecule has 7 nitrogen and oxygen atoms in total. The molecule has 0 radical (unpaired) electrons. The fraction of sp³-hybridized carbons (Fsp3) is 0.444. The average molecular weight is 443 g/mol. The molecule has 4 aliphatic rings. The van der Waals surface area contributed by atoms with E-state index in [0.29, 0.717) is 25.9 Å². The van der Waals surface area contributed by atoms with Crippen molar-refractivity contribution < 1.29 is 21.6 Å². The highest BCUT2D eigenvalue weighted by Crippen LogP contribution is 2.54. The highest BCUT2D eigenvalue weighted by Gasteiger charge is 2.54. The van der Waals surface area contributed by atoms with Crippen LogP contribution in [0.1, 0.15) is 25.3 Å². The summed E-state index contributed by atoms with van der Waals surface area (Å²) in [6.07, 6.45) is 2.38. The molecule has 0 aromatic heterocycles. The quantitative estimate of drug-likeness (QED) is 0.759. The molecule has 4 heterocycles. The van der Waals surface area contributed by atoms with Gasteiger partial charge in [-0.2, -0.15) is 0 Å². The van der Waals surface area contributed by atoms with Crippen LogP contribution in [0.15, 0.2) is 44.4 Å². The fourth-order valence-corrected chi connectivity index (χ4v) is 9.07. The number of primary sulfonamides is 1. The topological polar surface area (TPSA) is 107 Å². The number of sulfone groups is 1. The van der Waals surface area contributed by atoms with Crippen LogP contribution < -0.4 is 9.88 Å². The number of hydrogen-bond donors (Lipinski definition) is 1. The number of benzene rings is 1. The van der Waals surface area contributed by atoms with E-state index in [4.69, 9.17) is 9.88 Å². The van der Waals surface area contributed by atoms with E-state index in [1.54, 1.807) is 20.1 Å². The molecule has 4 aliphatic heterocycles. The first-order valence-corrected chi connectivity index (χ1v) is 12.6. The molecule has 4 bridgehead atoms. The molecule has 152 valence electrons. The third-order valence-electron chi connectivity index (χ3n) is 5.62. The van der Waals surface area contributed by atoms with E-state index in [1.807, 2.05) is 24.3 Å². The van der Waals surface area contributed by atoms with E-state index in [0.717, 1.165) is 28.6 Å². The van der Waals surface area contributed by atoms with Crippen LogP contribution in [0.5, 0.6) is 5.75 Å². The molecule has 2 atom stereocenters. The summed E-state index contributed by atoms with van der Waals surface area (Å²) in [7, 11) is -5.98. The van der Waals surface area contributed by atoms with E-state index < -0.39 is 24.6 Å². The largest absolute Gasteiger partial charge is 0.497 e. The van der Waals surface area contributed by atoms with E-state index in [9.17, 15) is 16.8 Å². The van der Waals surface area contributed by atoms with Gasteiger partial charge < -0.3 is 4.74 Å². The van der Waals surface area contributed by atoms with Crippen LogP contribution in [0.25, 0.3) is 0 Å². The molecule has 1 aromatic rings. The summed E-state index contributed by atoms with van der Waals surface area (Å²) in [4.78, 5) is 2.13. The van der Waals surface area contributed by atoms with Crippen LogP contribution in [0.2, 0.25) is 0 Å². The van der Waals surface area contributed by atoms with Gasteiger partial charge >= 0.3 is 0 Å². The smallest absolute Gasteiger partial charge is 0.244 e. The van der Waals surface area contributed by atoms with Gasteiger partial charge in [-0.25, -0.2) is 22.0 Å². The number of rotatable bonds is 4. The molecule has 2 N–H and O–H groups in total. The van der Waals surface area contributed by atoms with Crippen molar-refractivity contribution in [2.24, 2.45) is 5.14 Å². The molecular formula is C18H22N2O5S3. The van der Waals surface area contributed by atoms with Gasteiger partial charge in [0.05, 0.1) is 11.9 Å². The van der Waals surface area contributed by atoms with Gasteiger partial charge in [0.1, 0.15) is 14.2 Å². The number of hydrogen-bond acceptors (Lipinski definition) is 7. The highest BCUT2D eigenvalue weighted by atomic mass is 32.3. The lowest BCUT2D eigenvalue weighted by Gasteiger charge is -2.35. The summed E-state index contributed by atoms with van der Waals surface area (Å²) < 4.78 is 54.7. The Bertz CT molecular complexity index is 1090. The first-order chi connectivity index (χ1) is 13.0. The molecule has 2 unspecified atom stereocenters. The van der Waals surface area contributed by atoms with Gasteiger partial charge in [-0.15, -0.1) is 0 Å². The van der Waals surface area contributed by atoms with Crippen molar-refractivity contribution in [3.05, 3.63) is 50.0 Å². The first kappa shape index (κ1) is 20.0. The standard InChI is InChI=1S/C18H22N2O5S3/c1-18-8-13-11-20(10-12-3-5-15(25-2)6-4-12)14(9-18)7-16(28(19,23)24)26-17(13)27(18,21)22/h3-7,14H,8-11H2,1-2H3,(H2,19,23,24). The number of methoxy groups -OCH3 is 1. The molecule has 1 saturated heterocycles. The van der Waals surface area contributed by atoms with Crippen LogP contribution in [0.3, 0.4) is 0 Å². The summed E-state index contributed by atoms with van der Waals surface area (Å²) in [5, 5.41) is 5.38. The Hall–Kier alpha value is -1.33. The minimum atomic E-state index is -4.01. The van der Waals surface area contributed by atoms with Crippen molar-refractivity contribution >= 4 is 31.6 Å². The zero-order valence-electron chi connectivity index (χ0n) is 15.6. The zero-order valence-corrected chi connectivity index (χ0v) is 18.0. The summed E-state index contributed by atoms with van der Waals surface area (Å²) in [6, 6.07) is 7.31. The molecule has 5 rings (SSSR count). The van der Waals surface area contributed by atoms with Crippen LogP contribution in [-0.2, 0) is 26.4 Å². The van der Waals surface area contributed by atoms with Crippen molar-refractivity contribution in [1.82, 2.24) is 4.90 Å². The zero-order chi connectivity index (χ0) is 20.3. The Morgan fingerprint density at radius 3 is 2.61 bits per heavy atom. The second kappa shape index (κ2) is 6.60. The predicted octanol–water partition coefficient (Wildman–Crippen LogP) is 1.94. The van der Waals surface area contributed by atoms with E-state index in [2.05, 4.69) is 4.90 Å². The maximum Gasteiger partial charge on any atom is 0.244 e. The normalized spacial score (nSPS) is 29.4.